The smallest absolute Gasteiger partial charge is 0.341 e. The molecule has 0 spiro atoms. The van der Waals surface area contributed by atoms with Gasteiger partial charge in [-0.05, 0) is 35.7 Å². The fraction of sp³-hybridized carbons (Fsp3) is 0.316. The van der Waals surface area contributed by atoms with Gasteiger partial charge in [-0.15, -0.1) is 0 Å². The van der Waals surface area contributed by atoms with E-state index >= 15 is 0 Å². The first-order valence-electron chi connectivity index (χ1n) is 8.33. The Morgan fingerprint density at radius 3 is 2.58 bits per heavy atom. The number of rotatable bonds is 3. The first-order valence-corrected chi connectivity index (χ1v) is 8.33. The van der Waals surface area contributed by atoms with Crippen LogP contribution in [0.3, 0.4) is 0 Å². The van der Waals surface area contributed by atoms with Gasteiger partial charge in [0, 0.05) is 46.0 Å². The molecule has 0 fully saturated rings. The van der Waals surface area contributed by atoms with Crippen LogP contribution in [0, 0.1) is 0 Å². The van der Waals surface area contributed by atoms with Gasteiger partial charge >= 0.3 is 5.97 Å². The van der Waals surface area contributed by atoms with E-state index in [1.165, 1.54) is 11.5 Å². The van der Waals surface area contributed by atoms with Crippen LogP contribution in [0.15, 0.2) is 35.3 Å². The molecular weight excluding hydrogens is 334 g/mol. The summed E-state index contributed by atoms with van der Waals surface area (Å²) in [6.45, 7) is 2.21. The third-order valence-corrected chi connectivity index (χ3v) is 4.68. The number of aromatic nitrogens is 1. The molecule has 0 aliphatic carbocycles. The number of fused-ring (bicyclic) bond motifs is 1. The van der Waals surface area contributed by atoms with E-state index in [9.17, 15) is 19.5 Å². The lowest BCUT2D eigenvalue weighted by Gasteiger charge is -2.29. The Morgan fingerprint density at radius 1 is 1.23 bits per heavy atom. The van der Waals surface area contributed by atoms with E-state index in [1.807, 2.05) is 37.2 Å². The van der Waals surface area contributed by atoms with Crippen LogP contribution in [0.4, 0.5) is 5.69 Å². The minimum absolute atomic E-state index is 0.0696. The lowest BCUT2D eigenvalue weighted by Crippen LogP contribution is -2.38. The number of hydrogen-bond acceptors (Lipinski definition) is 4. The van der Waals surface area contributed by atoms with E-state index in [4.69, 9.17) is 0 Å². The maximum absolute atomic E-state index is 12.9. The van der Waals surface area contributed by atoms with Gasteiger partial charge in [0.15, 0.2) is 0 Å². The maximum Gasteiger partial charge on any atom is 0.341 e. The lowest BCUT2D eigenvalue weighted by molar-refractivity contribution is -0.129. The zero-order chi connectivity index (χ0) is 19.0. The second-order valence-corrected chi connectivity index (χ2v) is 6.59. The van der Waals surface area contributed by atoms with Crippen molar-refractivity contribution in [1.29, 1.82) is 0 Å². The Balaban J connectivity index is 2.21. The molecule has 0 atom stereocenters. The zero-order valence-electron chi connectivity index (χ0n) is 15.0. The number of carbonyl (C=O) groups is 2. The average molecular weight is 355 g/mol. The zero-order valence-corrected chi connectivity index (χ0v) is 15.0. The molecule has 0 saturated heterocycles. The van der Waals surface area contributed by atoms with Crippen molar-refractivity contribution in [3.63, 3.8) is 0 Å². The van der Waals surface area contributed by atoms with Crippen molar-refractivity contribution >= 4 is 17.6 Å². The molecule has 1 N–H and O–H groups in total. The van der Waals surface area contributed by atoms with Gasteiger partial charge in [0.05, 0.1) is 5.69 Å². The van der Waals surface area contributed by atoms with Crippen molar-refractivity contribution in [3.05, 3.63) is 57.5 Å². The van der Waals surface area contributed by atoms with Crippen molar-refractivity contribution in [2.24, 2.45) is 0 Å². The minimum atomic E-state index is -1.24. The molecule has 1 aromatic carbocycles. The number of carboxylic acids is 1. The summed E-state index contributed by atoms with van der Waals surface area (Å²) in [4.78, 5) is 39.9. The SMILES string of the molecule is CC(=O)N1CCc2c(cn(-c3cccc(N(C)C)c3)c(=O)c2C(=O)O)C1. The predicted octanol–water partition coefficient (Wildman–Crippen LogP) is 1.51. The lowest BCUT2D eigenvalue weighted by atomic mass is 9.96. The van der Waals surface area contributed by atoms with E-state index in [0.29, 0.717) is 36.3 Å². The number of amides is 1. The molecule has 7 nitrogen and oxygen atoms in total. The average Bonchev–Trinajstić information content (AvgIpc) is 2.60. The Bertz CT molecular complexity index is 946. The number of carbonyl (C=O) groups excluding carboxylic acids is 1. The monoisotopic (exact) mass is 355 g/mol. The van der Waals surface area contributed by atoms with Crippen molar-refractivity contribution in [1.82, 2.24) is 9.47 Å². The number of carboxylic acid groups (broad SMARTS) is 1. The van der Waals surface area contributed by atoms with E-state index in [0.717, 1.165) is 5.69 Å². The third kappa shape index (κ3) is 3.08. The van der Waals surface area contributed by atoms with Crippen molar-refractivity contribution < 1.29 is 14.7 Å². The van der Waals surface area contributed by atoms with Crippen LogP contribution in [-0.4, -0.2) is 47.1 Å². The highest BCUT2D eigenvalue weighted by atomic mass is 16.4. The van der Waals surface area contributed by atoms with E-state index in [-0.39, 0.29) is 11.5 Å². The summed E-state index contributed by atoms with van der Waals surface area (Å²) in [5.74, 6) is -1.31. The molecule has 1 aliphatic heterocycles. The van der Waals surface area contributed by atoms with E-state index < -0.39 is 11.5 Å². The van der Waals surface area contributed by atoms with Gasteiger partial charge in [0.1, 0.15) is 5.56 Å². The second-order valence-electron chi connectivity index (χ2n) is 6.59. The summed E-state index contributed by atoms with van der Waals surface area (Å²) in [6.07, 6.45) is 2.03. The molecule has 0 radical (unpaired) electrons. The van der Waals surface area contributed by atoms with Crippen LogP contribution < -0.4 is 10.5 Å². The van der Waals surface area contributed by atoms with Crippen LogP contribution in [-0.2, 0) is 17.8 Å². The molecule has 3 rings (SSSR count). The number of pyridine rings is 1. The van der Waals surface area contributed by atoms with Crippen LogP contribution in [0.1, 0.15) is 28.4 Å². The second kappa shape index (κ2) is 6.67. The minimum Gasteiger partial charge on any atom is -0.477 e. The molecule has 2 aromatic rings. The van der Waals surface area contributed by atoms with Crippen molar-refractivity contribution in [2.45, 2.75) is 19.9 Å². The fourth-order valence-electron chi connectivity index (χ4n) is 3.26. The van der Waals surface area contributed by atoms with Gasteiger partial charge in [0.25, 0.3) is 5.56 Å². The van der Waals surface area contributed by atoms with Crippen LogP contribution >= 0.6 is 0 Å². The van der Waals surface area contributed by atoms with Crippen LogP contribution in [0.5, 0.6) is 0 Å². The molecule has 1 aliphatic rings. The predicted molar refractivity (Wildman–Crippen MR) is 98.1 cm³/mol. The first-order chi connectivity index (χ1) is 12.3. The highest BCUT2D eigenvalue weighted by Gasteiger charge is 2.27. The summed E-state index contributed by atoms with van der Waals surface area (Å²) in [6, 6.07) is 7.31. The normalized spacial score (nSPS) is 13.3. The quantitative estimate of drug-likeness (QED) is 0.902. The summed E-state index contributed by atoms with van der Waals surface area (Å²) in [5, 5.41) is 9.61. The van der Waals surface area contributed by atoms with Gasteiger partial charge in [-0.3, -0.25) is 14.2 Å². The molecule has 0 saturated carbocycles. The fourth-order valence-corrected chi connectivity index (χ4v) is 3.26. The summed E-state index contributed by atoms with van der Waals surface area (Å²) < 4.78 is 1.36. The third-order valence-electron chi connectivity index (χ3n) is 4.68. The summed E-state index contributed by atoms with van der Waals surface area (Å²) in [5.41, 5.74) is 1.95. The summed E-state index contributed by atoms with van der Waals surface area (Å²) >= 11 is 0. The Kier molecular flexibility index (Phi) is 4.54. The first kappa shape index (κ1) is 17.7. The Hall–Kier alpha value is -3.09. The van der Waals surface area contributed by atoms with E-state index in [2.05, 4.69) is 0 Å². The van der Waals surface area contributed by atoms with Crippen LogP contribution in [0.25, 0.3) is 5.69 Å². The van der Waals surface area contributed by atoms with Gasteiger partial charge in [-0.25, -0.2) is 4.79 Å². The Labute approximate surface area is 151 Å². The van der Waals surface area contributed by atoms with Crippen molar-refractivity contribution in [3.8, 4) is 5.69 Å². The molecule has 1 aromatic heterocycles. The number of hydrogen-bond donors (Lipinski definition) is 1. The highest BCUT2D eigenvalue weighted by molar-refractivity contribution is 5.89. The van der Waals surface area contributed by atoms with Gasteiger partial charge in [0.2, 0.25) is 5.91 Å². The van der Waals surface area contributed by atoms with Gasteiger partial charge < -0.3 is 14.9 Å². The van der Waals surface area contributed by atoms with Gasteiger partial charge in [-0.1, -0.05) is 6.07 Å². The van der Waals surface area contributed by atoms with E-state index in [1.54, 1.807) is 17.2 Å². The highest BCUT2D eigenvalue weighted by Crippen LogP contribution is 2.23. The maximum atomic E-state index is 12.9. The number of nitrogens with zero attached hydrogens (tertiary/aromatic N) is 3. The topological polar surface area (TPSA) is 82.9 Å². The molecule has 1 amide bonds. The molecule has 7 heteroatoms. The largest absolute Gasteiger partial charge is 0.477 e. The van der Waals surface area contributed by atoms with Gasteiger partial charge in [-0.2, -0.15) is 0 Å². The molecule has 136 valence electrons. The summed E-state index contributed by atoms with van der Waals surface area (Å²) in [7, 11) is 3.78. The standard InChI is InChI=1S/C19H21N3O4/c1-12(23)21-8-7-16-13(10-21)11-22(18(24)17(16)19(25)26)15-6-4-5-14(9-15)20(2)3/h4-6,9,11H,7-8,10H2,1-3H3,(H,25,26). The molecule has 26 heavy (non-hydrogen) atoms. The molecule has 0 bridgehead atoms. The molecular formula is C19H21N3O4. The number of anilines is 1. The number of benzene rings is 1. The van der Waals surface area contributed by atoms with Crippen molar-refractivity contribution in [2.75, 3.05) is 25.5 Å². The molecule has 2 heterocycles. The number of aromatic carboxylic acids is 1. The Morgan fingerprint density at radius 2 is 1.96 bits per heavy atom. The van der Waals surface area contributed by atoms with Crippen LogP contribution in [0.2, 0.25) is 0 Å². The molecule has 0 unspecified atom stereocenters.